The predicted octanol–water partition coefficient (Wildman–Crippen LogP) is 7.60. The predicted molar refractivity (Wildman–Crippen MR) is 128 cm³/mol. The Morgan fingerprint density at radius 3 is 0.958 bits per heavy atom. The molecule has 0 aliphatic carbocycles. The van der Waals surface area contributed by atoms with E-state index in [-0.39, 0.29) is 19.5 Å². The molecule has 6 heteroatoms. The van der Waals surface area contributed by atoms with Crippen molar-refractivity contribution in [2.24, 2.45) is 0 Å². The summed E-state index contributed by atoms with van der Waals surface area (Å²) in [5, 5.41) is 0. The monoisotopic (exact) mass is 497 g/mol. The molecule has 0 aromatic heterocycles. The molecule has 0 fully saturated rings. The molecular formula is C18H41NP4Ru. The van der Waals surface area contributed by atoms with E-state index < -0.39 is 0 Å². The molecule has 0 bridgehead atoms. The van der Waals surface area contributed by atoms with Crippen molar-refractivity contribution in [2.75, 3.05) is 80.0 Å². The van der Waals surface area contributed by atoms with Crippen LogP contribution >= 0.6 is 31.7 Å². The van der Waals surface area contributed by atoms with Crippen LogP contribution in [-0.2, 0) is 19.5 Å². The molecule has 0 amide bonds. The van der Waals surface area contributed by atoms with Crippen molar-refractivity contribution in [3.8, 4) is 0 Å². The van der Waals surface area contributed by atoms with Crippen LogP contribution in [0.15, 0.2) is 24.3 Å². The first-order valence-corrected chi connectivity index (χ1v) is 18.2. The van der Waals surface area contributed by atoms with Crippen molar-refractivity contribution in [1.29, 1.82) is 0 Å². The van der Waals surface area contributed by atoms with Crippen LogP contribution in [0.25, 0.3) is 5.73 Å². The first-order valence-electron chi connectivity index (χ1n) is 7.44. The smallest absolute Gasteiger partial charge is 0.720 e. The maximum atomic E-state index is 6.94. The molecule has 0 heterocycles. The minimum Gasteiger partial charge on any atom is -0.720 e. The third kappa shape index (κ3) is 133. The topological polar surface area (TPSA) is 23.8 Å². The Bertz CT molecular complexity index is 259. The fourth-order valence-electron chi connectivity index (χ4n) is 0.393. The summed E-state index contributed by atoms with van der Waals surface area (Å²) in [5.74, 6) is 0. The van der Waals surface area contributed by atoms with E-state index in [1.165, 1.54) is 0 Å². The van der Waals surface area contributed by atoms with Crippen molar-refractivity contribution in [3.05, 3.63) is 36.1 Å². The largest absolute Gasteiger partial charge is 2.00 e. The molecule has 0 unspecified atom stereocenters. The van der Waals surface area contributed by atoms with Gasteiger partial charge in [0.05, 0.1) is 0 Å². The van der Waals surface area contributed by atoms with Gasteiger partial charge in [-0.1, -0.05) is 0 Å². The minimum absolute atomic E-state index is 0. The second-order valence-electron chi connectivity index (χ2n) is 6.64. The molecule has 0 spiro atoms. The molecular weight excluding hydrogens is 455 g/mol. The Balaban J connectivity index is -0.0000000641. The Morgan fingerprint density at radius 2 is 0.875 bits per heavy atom. The van der Waals surface area contributed by atoms with Crippen LogP contribution in [0.4, 0.5) is 5.69 Å². The summed E-state index contributed by atoms with van der Waals surface area (Å²) in [6, 6.07) is 9.78. The van der Waals surface area contributed by atoms with Crippen molar-refractivity contribution in [1.82, 2.24) is 0 Å². The zero-order valence-corrected chi connectivity index (χ0v) is 23.3. The summed E-state index contributed by atoms with van der Waals surface area (Å²) in [6.07, 6.45) is 0. The van der Waals surface area contributed by atoms with E-state index in [9.17, 15) is 0 Å². The average Bonchev–Trinajstić information content (AvgIpc) is 2.26. The SMILES string of the molecule is CP(C)C.CP(C)C.CP(C)C.CP(C)C.[NH-]c1[c-]cccc1.[Ru+2]. The molecule has 0 radical (unpaired) electrons. The Morgan fingerprint density at radius 1 is 0.625 bits per heavy atom. The quantitative estimate of drug-likeness (QED) is 0.201. The fraction of sp³-hybridized carbons (Fsp3) is 0.667. The normalized spacial score (nSPS) is 8.50. The van der Waals surface area contributed by atoms with E-state index in [0.29, 0.717) is 37.4 Å². The van der Waals surface area contributed by atoms with Gasteiger partial charge in [-0.25, -0.2) is 6.07 Å². The Labute approximate surface area is 172 Å². The van der Waals surface area contributed by atoms with Crippen molar-refractivity contribution in [2.45, 2.75) is 0 Å². The maximum Gasteiger partial charge on any atom is 2.00 e. The molecule has 1 nitrogen and oxygen atoms in total. The van der Waals surface area contributed by atoms with Gasteiger partial charge in [0, 0.05) is 0 Å². The van der Waals surface area contributed by atoms with Crippen LogP contribution in [0.5, 0.6) is 0 Å². The van der Waals surface area contributed by atoms with E-state index in [4.69, 9.17) is 5.73 Å². The first kappa shape index (κ1) is 36.3. The molecule has 0 saturated heterocycles. The molecule has 1 rings (SSSR count). The van der Waals surface area contributed by atoms with Gasteiger partial charge in [0.25, 0.3) is 0 Å². The molecule has 0 aliphatic rings. The third-order valence-corrected chi connectivity index (χ3v) is 0.709. The second kappa shape index (κ2) is 29.1. The molecule has 0 aliphatic heterocycles. The molecule has 146 valence electrons. The van der Waals surface area contributed by atoms with E-state index in [1.807, 2.05) is 12.1 Å². The van der Waals surface area contributed by atoms with Gasteiger partial charge in [0.2, 0.25) is 0 Å². The Kier molecular flexibility index (Phi) is 44.1. The van der Waals surface area contributed by atoms with Gasteiger partial charge < -0.3 is 5.73 Å². The summed E-state index contributed by atoms with van der Waals surface area (Å²) in [6.45, 7) is 26.8. The summed E-state index contributed by atoms with van der Waals surface area (Å²) in [7, 11) is 1.52. The third-order valence-electron chi connectivity index (χ3n) is 0.709. The Hall–Kier alpha value is 1.36. The maximum absolute atomic E-state index is 6.94. The summed E-state index contributed by atoms with van der Waals surface area (Å²) >= 11 is 0. The number of hydrogen-bond acceptors (Lipinski definition) is 0. The minimum atomic E-state index is 0. The van der Waals surface area contributed by atoms with Gasteiger partial charge in [-0.3, -0.25) is 5.69 Å². The van der Waals surface area contributed by atoms with E-state index in [0.717, 1.165) is 0 Å². The zero-order chi connectivity index (χ0) is 19.4. The molecule has 0 saturated carbocycles. The molecule has 0 atom stereocenters. The first-order chi connectivity index (χ1) is 10.3. The van der Waals surface area contributed by atoms with Gasteiger partial charge in [-0.15, -0.1) is 31.7 Å². The summed E-state index contributed by atoms with van der Waals surface area (Å²) in [5.41, 5.74) is 7.39. The van der Waals surface area contributed by atoms with Gasteiger partial charge in [0.1, 0.15) is 0 Å². The number of hydrogen-bond donors (Lipinski definition) is 0. The van der Waals surface area contributed by atoms with Crippen molar-refractivity contribution < 1.29 is 19.5 Å². The molecule has 24 heavy (non-hydrogen) atoms. The van der Waals surface area contributed by atoms with Crippen molar-refractivity contribution in [3.63, 3.8) is 0 Å². The fourth-order valence-corrected chi connectivity index (χ4v) is 0.393. The summed E-state index contributed by atoms with van der Waals surface area (Å²) in [4.78, 5) is 0. The van der Waals surface area contributed by atoms with Crippen molar-refractivity contribution >= 4 is 37.4 Å². The number of nitrogens with one attached hydrogen (secondary N) is 1. The van der Waals surface area contributed by atoms with Crippen LogP contribution in [0.2, 0.25) is 0 Å². The summed E-state index contributed by atoms with van der Waals surface area (Å²) < 4.78 is 0. The molecule has 1 aromatic rings. The zero-order valence-electron chi connectivity index (χ0n) is 18.0. The molecule has 1 aromatic carbocycles. The van der Waals surface area contributed by atoms with Crippen LogP contribution < -0.4 is 0 Å². The number of rotatable bonds is 0. The van der Waals surface area contributed by atoms with E-state index in [1.54, 1.807) is 12.1 Å². The second-order valence-corrected chi connectivity index (χ2v) is 17.4. The van der Waals surface area contributed by atoms with E-state index in [2.05, 4.69) is 86.0 Å². The van der Waals surface area contributed by atoms with Crippen LogP contribution in [-0.4, -0.2) is 80.0 Å². The van der Waals surface area contributed by atoms with Crippen LogP contribution in [0, 0.1) is 6.07 Å². The van der Waals surface area contributed by atoms with Crippen LogP contribution in [0.1, 0.15) is 0 Å². The van der Waals surface area contributed by atoms with Gasteiger partial charge in [0.15, 0.2) is 0 Å². The van der Waals surface area contributed by atoms with Gasteiger partial charge in [-0.2, -0.15) is 24.3 Å². The standard InChI is InChI=1S/C6H5N.4C3H9P.Ru/c7-6-4-2-1-3-5-6;4*1-4(2)3;/h1-4,7H;4*1-3H3;/q-2;;;;;+2. The van der Waals surface area contributed by atoms with Crippen LogP contribution in [0.3, 0.4) is 0 Å². The van der Waals surface area contributed by atoms with Gasteiger partial charge >= 0.3 is 19.5 Å². The number of benzene rings is 1. The van der Waals surface area contributed by atoms with Gasteiger partial charge in [-0.05, 0) is 80.0 Å². The van der Waals surface area contributed by atoms with E-state index >= 15 is 0 Å². The molecule has 1 N–H and O–H groups in total. The average molecular weight is 496 g/mol.